The van der Waals surface area contributed by atoms with E-state index < -0.39 is 5.97 Å². The summed E-state index contributed by atoms with van der Waals surface area (Å²) >= 11 is 0. The number of likely N-dealkylation sites (tertiary alicyclic amines) is 1. The van der Waals surface area contributed by atoms with Gasteiger partial charge in [-0.25, -0.2) is 4.79 Å². The van der Waals surface area contributed by atoms with Crippen LogP contribution in [0.25, 0.3) is 0 Å². The van der Waals surface area contributed by atoms with Gasteiger partial charge in [-0.15, -0.1) is 0 Å². The van der Waals surface area contributed by atoms with E-state index in [0.29, 0.717) is 0 Å². The van der Waals surface area contributed by atoms with Crippen molar-refractivity contribution in [3.8, 4) is 0 Å². The Balaban J connectivity index is 1.31. The molecule has 3 N–H and O–H groups in total. The molecule has 2 aliphatic carbocycles. The summed E-state index contributed by atoms with van der Waals surface area (Å²) in [4.78, 5) is 27.7. The number of carbonyl (C=O) groups is 2. The summed E-state index contributed by atoms with van der Waals surface area (Å²) in [6.07, 6.45) is 9.20. The summed E-state index contributed by atoms with van der Waals surface area (Å²) in [6, 6.07) is 1.44. The van der Waals surface area contributed by atoms with Crippen molar-refractivity contribution in [2.24, 2.45) is 0 Å². The minimum absolute atomic E-state index is 0.0611. The molecule has 1 heterocycles. The number of aliphatic carboxylic acids is 1. The minimum atomic E-state index is -0.787. The Morgan fingerprint density at radius 1 is 1.04 bits per heavy atom. The summed E-state index contributed by atoms with van der Waals surface area (Å²) in [6.45, 7) is 4.99. The van der Waals surface area contributed by atoms with E-state index in [0.717, 1.165) is 51.4 Å². The number of urea groups is 1. The van der Waals surface area contributed by atoms with E-state index in [1.54, 1.807) is 0 Å². The molecule has 0 aromatic heterocycles. The molecule has 7 heteroatoms. The third-order valence-electron chi connectivity index (χ3n) is 6.42. The van der Waals surface area contributed by atoms with Gasteiger partial charge in [0.15, 0.2) is 0 Å². The predicted molar refractivity (Wildman–Crippen MR) is 100 cm³/mol. The number of carbonyl (C=O) groups excluding carboxylic acids is 1. The zero-order chi connectivity index (χ0) is 18.5. The largest absolute Gasteiger partial charge is 0.480 e. The standard InChI is InChI=1S/C19H34N4O3/c1-2-22(13-18(24)25)17-11-15(12-17)21-19(26)20-14-7-9-23(10-8-14)16-5-3-4-6-16/h14-17H,2-13H2,1H3,(H,24,25)(H2,20,21,26). The molecule has 2 saturated carbocycles. The Morgan fingerprint density at radius 2 is 1.65 bits per heavy atom. The summed E-state index contributed by atoms with van der Waals surface area (Å²) in [7, 11) is 0. The first-order chi connectivity index (χ1) is 12.5. The lowest BCUT2D eigenvalue weighted by atomic mass is 9.85. The van der Waals surface area contributed by atoms with Crippen LogP contribution in [0.5, 0.6) is 0 Å². The molecular weight excluding hydrogens is 332 g/mol. The molecule has 0 aromatic carbocycles. The maximum absolute atomic E-state index is 12.2. The van der Waals surface area contributed by atoms with Crippen LogP contribution in [0.2, 0.25) is 0 Å². The highest BCUT2D eigenvalue weighted by Gasteiger charge is 2.35. The molecule has 0 aromatic rings. The van der Waals surface area contributed by atoms with Gasteiger partial charge in [-0.3, -0.25) is 9.69 Å². The van der Waals surface area contributed by atoms with Crippen molar-refractivity contribution in [3.05, 3.63) is 0 Å². The van der Waals surface area contributed by atoms with Crippen LogP contribution < -0.4 is 10.6 Å². The number of carboxylic acids is 1. The molecule has 26 heavy (non-hydrogen) atoms. The van der Waals surface area contributed by atoms with Gasteiger partial charge < -0.3 is 20.6 Å². The van der Waals surface area contributed by atoms with Crippen LogP contribution in [0.15, 0.2) is 0 Å². The molecule has 148 valence electrons. The SMILES string of the molecule is CCN(CC(=O)O)C1CC(NC(=O)NC2CCN(C3CCCC3)CC2)C1. The van der Waals surface area contributed by atoms with E-state index in [9.17, 15) is 9.59 Å². The van der Waals surface area contributed by atoms with Gasteiger partial charge in [0.1, 0.15) is 0 Å². The normalized spacial score (nSPS) is 28.1. The molecule has 2 amide bonds. The molecule has 0 unspecified atom stereocenters. The van der Waals surface area contributed by atoms with E-state index in [1.165, 1.54) is 25.7 Å². The second-order valence-corrected chi connectivity index (χ2v) is 8.15. The van der Waals surface area contributed by atoms with Crippen molar-refractivity contribution >= 4 is 12.0 Å². The summed E-state index contributed by atoms with van der Waals surface area (Å²) in [5.74, 6) is -0.787. The van der Waals surface area contributed by atoms with Gasteiger partial charge in [0.2, 0.25) is 0 Å². The van der Waals surface area contributed by atoms with Crippen molar-refractivity contribution in [2.75, 3.05) is 26.2 Å². The van der Waals surface area contributed by atoms with Crippen LogP contribution in [-0.4, -0.2) is 77.3 Å². The molecule has 3 rings (SSSR count). The molecular formula is C19H34N4O3. The second-order valence-electron chi connectivity index (χ2n) is 8.15. The Labute approximate surface area is 156 Å². The highest BCUT2D eigenvalue weighted by molar-refractivity contribution is 5.74. The lowest BCUT2D eigenvalue weighted by Crippen LogP contribution is -2.57. The maximum Gasteiger partial charge on any atom is 0.317 e. The van der Waals surface area contributed by atoms with E-state index >= 15 is 0 Å². The highest BCUT2D eigenvalue weighted by Crippen LogP contribution is 2.27. The lowest BCUT2D eigenvalue weighted by molar-refractivity contribution is -0.139. The van der Waals surface area contributed by atoms with E-state index in [4.69, 9.17) is 5.11 Å². The summed E-state index contributed by atoms with van der Waals surface area (Å²) in [5, 5.41) is 15.1. The Bertz CT molecular complexity index is 481. The first-order valence-electron chi connectivity index (χ1n) is 10.3. The molecule has 0 spiro atoms. The van der Waals surface area contributed by atoms with Crippen LogP contribution in [0, 0.1) is 0 Å². The van der Waals surface area contributed by atoms with Gasteiger partial charge in [0.05, 0.1) is 6.54 Å². The van der Waals surface area contributed by atoms with Crippen LogP contribution in [0.3, 0.4) is 0 Å². The van der Waals surface area contributed by atoms with Crippen molar-refractivity contribution in [1.82, 2.24) is 20.4 Å². The van der Waals surface area contributed by atoms with Gasteiger partial charge in [0, 0.05) is 37.3 Å². The lowest BCUT2D eigenvalue weighted by Gasteiger charge is -2.42. The van der Waals surface area contributed by atoms with Crippen molar-refractivity contribution in [1.29, 1.82) is 0 Å². The van der Waals surface area contributed by atoms with Crippen molar-refractivity contribution < 1.29 is 14.7 Å². The third kappa shape index (κ3) is 5.10. The predicted octanol–water partition coefficient (Wildman–Crippen LogP) is 1.63. The summed E-state index contributed by atoms with van der Waals surface area (Å²) in [5.41, 5.74) is 0. The van der Waals surface area contributed by atoms with E-state index in [2.05, 4.69) is 15.5 Å². The number of nitrogens with zero attached hydrogens (tertiary/aromatic N) is 2. The molecule has 0 bridgehead atoms. The maximum atomic E-state index is 12.2. The van der Waals surface area contributed by atoms with E-state index in [1.807, 2.05) is 11.8 Å². The molecule has 0 atom stereocenters. The van der Waals surface area contributed by atoms with Gasteiger partial charge in [0.25, 0.3) is 0 Å². The van der Waals surface area contributed by atoms with Crippen LogP contribution in [0.1, 0.15) is 58.3 Å². The topological polar surface area (TPSA) is 84.9 Å². The number of rotatable bonds is 7. The smallest absolute Gasteiger partial charge is 0.317 e. The molecule has 1 saturated heterocycles. The molecule has 3 fully saturated rings. The Morgan fingerprint density at radius 3 is 2.23 bits per heavy atom. The number of amides is 2. The Kier molecular flexibility index (Phi) is 6.75. The second kappa shape index (κ2) is 9.04. The minimum Gasteiger partial charge on any atom is -0.480 e. The zero-order valence-corrected chi connectivity index (χ0v) is 16.0. The van der Waals surface area contributed by atoms with Gasteiger partial charge in [-0.1, -0.05) is 19.8 Å². The van der Waals surface area contributed by atoms with Crippen molar-refractivity contribution in [3.63, 3.8) is 0 Å². The average molecular weight is 367 g/mol. The number of nitrogens with one attached hydrogen (secondary N) is 2. The number of piperidine rings is 1. The first kappa shape index (κ1) is 19.4. The highest BCUT2D eigenvalue weighted by atomic mass is 16.4. The van der Waals surface area contributed by atoms with E-state index in [-0.39, 0.29) is 30.7 Å². The molecule has 1 aliphatic heterocycles. The fourth-order valence-electron chi connectivity index (χ4n) is 4.77. The Hall–Kier alpha value is -1.34. The number of carboxylic acid groups (broad SMARTS) is 1. The van der Waals surface area contributed by atoms with Gasteiger partial charge >= 0.3 is 12.0 Å². The van der Waals surface area contributed by atoms with Crippen LogP contribution >= 0.6 is 0 Å². The number of likely N-dealkylation sites (N-methyl/N-ethyl adjacent to an activating group) is 1. The molecule has 7 nitrogen and oxygen atoms in total. The van der Waals surface area contributed by atoms with Crippen molar-refractivity contribution in [2.45, 2.75) is 82.5 Å². The number of hydrogen-bond acceptors (Lipinski definition) is 4. The average Bonchev–Trinajstić information content (AvgIpc) is 3.11. The monoisotopic (exact) mass is 366 g/mol. The summed E-state index contributed by atoms with van der Waals surface area (Å²) < 4.78 is 0. The third-order valence-corrected chi connectivity index (χ3v) is 6.42. The fourth-order valence-corrected chi connectivity index (χ4v) is 4.77. The quantitative estimate of drug-likeness (QED) is 0.638. The molecule has 3 aliphatic rings. The first-order valence-corrected chi connectivity index (χ1v) is 10.3. The number of hydrogen-bond donors (Lipinski definition) is 3. The van der Waals surface area contributed by atoms with Crippen LogP contribution in [0.4, 0.5) is 4.79 Å². The zero-order valence-electron chi connectivity index (χ0n) is 16.0. The fraction of sp³-hybridized carbons (Fsp3) is 0.895. The van der Waals surface area contributed by atoms with Gasteiger partial charge in [-0.05, 0) is 45.1 Å². The molecule has 0 radical (unpaired) electrons. The van der Waals surface area contributed by atoms with Gasteiger partial charge in [-0.2, -0.15) is 0 Å². The van der Waals surface area contributed by atoms with Crippen LogP contribution in [-0.2, 0) is 4.79 Å².